The lowest BCUT2D eigenvalue weighted by Crippen LogP contribution is -2.53. The van der Waals surface area contributed by atoms with Crippen LogP contribution in [0.3, 0.4) is 0 Å². The fraction of sp³-hybridized carbons (Fsp3) is 0.435. The summed E-state index contributed by atoms with van der Waals surface area (Å²) in [7, 11) is 0. The number of aliphatic hydroxyl groups excluding tert-OH is 1. The number of aliphatic hydroxyl groups is 1. The van der Waals surface area contributed by atoms with Crippen molar-refractivity contribution in [2.24, 2.45) is 5.73 Å². The molecule has 0 aliphatic carbocycles. The van der Waals surface area contributed by atoms with E-state index in [4.69, 9.17) is 10.5 Å². The van der Waals surface area contributed by atoms with Gasteiger partial charge in [0.1, 0.15) is 5.60 Å². The summed E-state index contributed by atoms with van der Waals surface area (Å²) < 4.78 is 5.36. The maximum Gasteiger partial charge on any atom is 0.407 e. The Kier molecular flexibility index (Phi) is 8.03. The van der Waals surface area contributed by atoms with Crippen molar-refractivity contribution in [1.82, 2.24) is 5.32 Å². The normalized spacial score (nSPS) is 14.8. The topological polar surface area (TPSA) is 84.6 Å². The van der Waals surface area contributed by atoms with Crippen LogP contribution in [0.2, 0.25) is 0 Å². The first-order valence-electron chi connectivity index (χ1n) is 9.75. The number of rotatable bonds is 8. The molecule has 1 amide bonds. The number of amides is 1. The van der Waals surface area contributed by atoms with E-state index in [1.54, 1.807) is 20.8 Å². The Morgan fingerprint density at radius 3 is 2.11 bits per heavy atom. The first-order chi connectivity index (χ1) is 13.2. The molecule has 2 aromatic carbocycles. The van der Waals surface area contributed by atoms with Crippen LogP contribution in [0.25, 0.3) is 0 Å². The lowest BCUT2D eigenvalue weighted by molar-refractivity contribution is 0.0388. The number of benzene rings is 2. The molecule has 2 aromatic rings. The number of hydrogen-bond acceptors (Lipinski definition) is 4. The van der Waals surface area contributed by atoms with Crippen LogP contribution in [0.1, 0.15) is 38.3 Å². The molecule has 0 aliphatic rings. The number of hydrogen-bond donors (Lipinski definition) is 3. The molecule has 0 aliphatic heterocycles. The number of aryl methyl sites for hydroxylation is 1. The molecule has 4 N–H and O–H groups in total. The van der Waals surface area contributed by atoms with Gasteiger partial charge in [0.2, 0.25) is 0 Å². The minimum atomic E-state index is -0.892. The molecule has 0 heterocycles. The van der Waals surface area contributed by atoms with Crippen LogP contribution < -0.4 is 11.1 Å². The molecular weight excluding hydrogens is 352 g/mol. The van der Waals surface area contributed by atoms with Crippen LogP contribution in [-0.2, 0) is 17.6 Å². The van der Waals surface area contributed by atoms with Crippen molar-refractivity contribution >= 4 is 6.09 Å². The molecule has 0 spiro atoms. The second kappa shape index (κ2) is 10.2. The van der Waals surface area contributed by atoms with Gasteiger partial charge in [-0.15, -0.1) is 0 Å². The van der Waals surface area contributed by atoms with Gasteiger partial charge >= 0.3 is 6.09 Å². The number of carbonyl (C=O) groups excluding carboxylic acids is 1. The molecular formula is C23H32N2O3. The number of nitrogens with two attached hydrogens (primary N) is 1. The van der Waals surface area contributed by atoms with E-state index in [-0.39, 0.29) is 0 Å². The van der Waals surface area contributed by atoms with E-state index in [1.165, 1.54) is 5.56 Å². The van der Waals surface area contributed by atoms with Gasteiger partial charge in [0.15, 0.2) is 0 Å². The molecule has 2 rings (SSSR count). The van der Waals surface area contributed by atoms with E-state index in [0.29, 0.717) is 12.8 Å². The summed E-state index contributed by atoms with van der Waals surface area (Å²) in [6.07, 6.45) is 0.412. The SMILES string of the molecule is CC(C)(C)OC(=O)N[C@H](Cc1ccccc1)[C@H](O)C(N)CCc1ccccc1. The summed E-state index contributed by atoms with van der Waals surface area (Å²) in [6.45, 7) is 5.42. The van der Waals surface area contributed by atoms with Crippen molar-refractivity contribution in [3.05, 3.63) is 71.8 Å². The summed E-state index contributed by atoms with van der Waals surface area (Å²) in [6, 6.07) is 18.7. The highest BCUT2D eigenvalue weighted by Crippen LogP contribution is 2.14. The van der Waals surface area contributed by atoms with E-state index in [9.17, 15) is 9.90 Å². The van der Waals surface area contributed by atoms with Gasteiger partial charge < -0.3 is 20.9 Å². The second-order valence-corrected chi connectivity index (χ2v) is 8.12. The molecule has 28 heavy (non-hydrogen) atoms. The zero-order valence-electron chi connectivity index (χ0n) is 17.0. The van der Waals surface area contributed by atoms with Crippen LogP contribution in [-0.4, -0.2) is 35.0 Å². The molecule has 5 nitrogen and oxygen atoms in total. The Hall–Kier alpha value is -2.37. The van der Waals surface area contributed by atoms with Crippen LogP contribution in [0.15, 0.2) is 60.7 Å². The Bertz CT molecular complexity index is 714. The third-order valence-corrected chi connectivity index (χ3v) is 4.46. The fourth-order valence-corrected chi connectivity index (χ4v) is 3.03. The van der Waals surface area contributed by atoms with Crippen molar-refractivity contribution in [2.45, 2.75) is 63.8 Å². The molecule has 0 saturated heterocycles. The van der Waals surface area contributed by atoms with Gasteiger partial charge in [-0.05, 0) is 51.2 Å². The summed E-state index contributed by atoms with van der Waals surface area (Å²) in [5.74, 6) is 0. The van der Waals surface area contributed by atoms with Gasteiger partial charge in [-0.25, -0.2) is 4.79 Å². The fourth-order valence-electron chi connectivity index (χ4n) is 3.03. The highest BCUT2D eigenvalue weighted by molar-refractivity contribution is 5.68. The van der Waals surface area contributed by atoms with Crippen molar-refractivity contribution in [3.63, 3.8) is 0 Å². The maximum absolute atomic E-state index is 12.3. The Morgan fingerprint density at radius 2 is 1.57 bits per heavy atom. The van der Waals surface area contributed by atoms with Crippen molar-refractivity contribution < 1.29 is 14.6 Å². The Balaban J connectivity index is 2.04. The zero-order chi connectivity index (χ0) is 20.6. The van der Waals surface area contributed by atoms with Gasteiger partial charge in [-0.3, -0.25) is 0 Å². The van der Waals surface area contributed by atoms with Gasteiger partial charge in [0, 0.05) is 6.04 Å². The van der Waals surface area contributed by atoms with Gasteiger partial charge in [0.25, 0.3) is 0 Å². The van der Waals surface area contributed by atoms with Crippen LogP contribution in [0.4, 0.5) is 4.79 Å². The number of ether oxygens (including phenoxy) is 1. The van der Waals surface area contributed by atoms with E-state index in [2.05, 4.69) is 5.32 Å². The first kappa shape index (κ1) is 21.9. The minimum Gasteiger partial charge on any atom is -0.444 e. The summed E-state index contributed by atoms with van der Waals surface area (Å²) in [4.78, 5) is 12.3. The minimum absolute atomic E-state index is 0.469. The maximum atomic E-state index is 12.3. The van der Waals surface area contributed by atoms with E-state index >= 15 is 0 Å². The van der Waals surface area contributed by atoms with Gasteiger partial charge in [0.05, 0.1) is 12.1 Å². The molecule has 1 unspecified atom stereocenters. The summed E-state index contributed by atoms with van der Waals surface area (Å²) in [5.41, 5.74) is 7.85. The number of carbonyl (C=O) groups is 1. The monoisotopic (exact) mass is 384 g/mol. The summed E-state index contributed by atoms with van der Waals surface area (Å²) >= 11 is 0. The largest absolute Gasteiger partial charge is 0.444 e. The lowest BCUT2D eigenvalue weighted by atomic mass is 9.93. The molecule has 0 fully saturated rings. The predicted molar refractivity (Wildman–Crippen MR) is 112 cm³/mol. The quantitative estimate of drug-likeness (QED) is 0.651. The van der Waals surface area contributed by atoms with Crippen LogP contribution >= 0.6 is 0 Å². The average Bonchev–Trinajstić information content (AvgIpc) is 2.65. The molecule has 3 atom stereocenters. The standard InChI is InChI=1S/C23H32N2O3/c1-23(2,3)28-22(27)25-20(16-18-12-8-5-9-13-18)21(26)19(24)15-14-17-10-6-4-7-11-17/h4-13,19-21,26H,14-16,24H2,1-3H3,(H,25,27)/t19?,20-,21-/m1/s1. The number of alkyl carbamates (subject to hydrolysis) is 1. The molecule has 5 heteroatoms. The smallest absolute Gasteiger partial charge is 0.407 e. The van der Waals surface area contributed by atoms with E-state index < -0.39 is 29.9 Å². The molecule has 0 aromatic heterocycles. The van der Waals surface area contributed by atoms with Crippen LogP contribution in [0, 0.1) is 0 Å². The molecule has 0 saturated carbocycles. The Morgan fingerprint density at radius 1 is 1.04 bits per heavy atom. The van der Waals surface area contributed by atoms with Gasteiger partial charge in [-0.2, -0.15) is 0 Å². The highest BCUT2D eigenvalue weighted by Gasteiger charge is 2.28. The second-order valence-electron chi connectivity index (χ2n) is 8.12. The van der Waals surface area contributed by atoms with Crippen LogP contribution in [0.5, 0.6) is 0 Å². The van der Waals surface area contributed by atoms with E-state index in [1.807, 2.05) is 60.7 Å². The first-order valence-corrected chi connectivity index (χ1v) is 9.75. The molecule has 0 radical (unpaired) electrons. The average molecular weight is 385 g/mol. The zero-order valence-corrected chi connectivity index (χ0v) is 17.0. The highest BCUT2D eigenvalue weighted by atomic mass is 16.6. The Labute approximate surface area is 167 Å². The number of nitrogens with one attached hydrogen (secondary N) is 1. The lowest BCUT2D eigenvalue weighted by Gasteiger charge is -2.30. The van der Waals surface area contributed by atoms with Gasteiger partial charge in [-0.1, -0.05) is 60.7 Å². The molecule has 0 bridgehead atoms. The van der Waals surface area contributed by atoms with Crippen molar-refractivity contribution in [2.75, 3.05) is 0 Å². The third kappa shape index (κ3) is 7.71. The van der Waals surface area contributed by atoms with Crippen molar-refractivity contribution in [1.29, 1.82) is 0 Å². The summed E-state index contributed by atoms with van der Waals surface area (Å²) in [5, 5.41) is 13.7. The molecule has 152 valence electrons. The third-order valence-electron chi connectivity index (χ3n) is 4.46. The predicted octanol–water partition coefficient (Wildman–Crippen LogP) is 3.44. The van der Waals surface area contributed by atoms with Crippen molar-refractivity contribution in [3.8, 4) is 0 Å². The van der Waals surface area contributed by atoms with E-state index in [0.717, 1.165) is 12.0 Å².